The fourth-order valence-corrected chi connectivity index (χ4v) is 4.22. The van der Waals surface area contributed by atoms with Crippen LogP contribution in [0.3, 0.4) is 0 Å². The van der Waals surface area contributed by atoms with Gasteiger partial charge in [0.2, 0.25) is 0 Å². The Labute approximate surface area is 136 Å². The molecular weight excluding hydrogens is 288 g/mol. The highest BCUT2D eigenvalue weighted by Crippen LogP contribution is 2.36. The van der Waals surface area contributed by atoms with Crippen LogP contribution in [0.25, 0.3) is 10.9 Å². The fourth-order valence-electron chi connectivity index (χ4n) is 4.22. The maximum Gasteiger partial charge on any atom is 0.255 e. The average molecular weight is 312 g/mol. The van der Waals surface area contributed by atoms with E-state index in [0.717, 1.165) is 42.7 Å². The van der Waals surface area contributed by atoms with Crippen molar-refractivity contribution in [2.45, 2.75) is 37.8 Å². The molecule has 23 heavy (non-hydrogen) atoms. The molecule has 2 heterocycles. The van der Waals surface area contributed by atoms with Gasteiger partial charge in [-0.05, 0) is 30.4 Å². The van der Waals surface area contributed by atoms with Crippen LogP contribution in [-0.4, -0.2) is 34.8 Å². The van der Waals surface area contributed by atoms with Gasteiger partial charge < -0.3 is 9.30 Å². The summed E-state index contributed by atoms with van der Waals surface area (Å²) in [6.45, 7) is 3.39. The second-order valence-corrected chi connectivity index (χ2v) is 7.04. The number of aromatic nitrogens is 1. The van der Waals surface area contributed by atoms with Crippen molar-refractivity contribution < 1.29 is 4.74 Å². The highest BCUT2D eigenvalue weighted by Gasteiger charge is 2.39. The van der Waals surface area contributed by atoms with E-state index in [4.69, 9.17) is 4.74 Å². The van der Waals surface area contributed by atoms with Crippen LogP contribution in [0.4, 0.5) is 0 Å². The van der Waals surface area contributed by atoms with E-state index in [1.54, 1.807) is 4.57 Å². The molecule has 1 aromatic carbocycles. The molecular formula is C19H24N2O2. The van der Waals surface area contributed by atoms with Crippen molar-refractivity contribution in [1.29, 1.82) is 0 Å². The minimum Gasteiger partial charge on any atom is -0.372 e. The number of aryl methyl sites for hydroxylation is 1. The first-order chi connectivity index (χ1) is 11.2. The number of morpholine rings is 1. The van der Waals surface area contributed by atoms with E-state index in [-0.39, 0.29) is 11.2 Å². The molecule has 0 N–H and O–H groups in total. The monoisotopic (exact) mass is 312 g/mol. The van der Waals surface area contributed by atoms with Crippen molar-refractivity contribution in [3.05, 3.63) is 46.2 Å². The van der Waals surface area contributed by atoms with E-state index in [9.17, 15) is 4.79 Å². The van der Waals surface area contributed by atoms with Crippen LogP contribution >= 0.6 is 0 Å². The molecule has 0 bridgehead atoms. The molecule has 4 rings (SSSR count). The minimum atomic E-state index is 0.0559. The standard InChI is InChI=1S/C19H24N2O2/c1-20-17-7-3-2-6-15(17)12-16(18(20)22)13-21-10-11-23-19(14-21)8-4-5-9-19/h2-3,6-7,12H,4-5,8-11,13-14H2,1H3. The third-order valence-corrected chi connectivity index (χ3v) is 5.44. The molecule has 1 spiro atoms. The zero-order valence-corrected chi connectivity index (χ0v) is 13.8. The smallest absolute Gasteiger partial charge is 0.255 e. The summed E-state index contributed by atoms with van der Waals surface area (Å²) in [6, 6.07) is 10.2. The largest absolute Gasteiger partial charge is 0.372 e. The van der Waals surface area contributed by atoms with Gasteiger partial charge in [0.05, 0.1) is 17.7 Å². The predicted molar refractivity (Wildman–Crippen MR) is 91.6 cm³/mol. The average Bonchev–Trinajstić information content (AvgIpc) is 3.00. The van der Waals surface area contributed by atoms with E-state index in [1.165, 1.54) is 25.7 Å². The molecule has 2 fully saturated rings. The van der Waals surface area contributed by atoms with Gasteiger partial charge in [0, 0.05) is 32.2 Å². The summed E-state index contributed by atoms with van der Waals surface area (Å²) in [6.07, 6.45) is 4.87. The maximum absolute atomic E-state index is 12.7. The van der Waals surface area contributed by atoms with Crippen LogP contribution in [0.2, 0.25) is 0 Å². The summed E-state index contributed by atoms with van der Waals surface area (Å²) in [5.41, 5.74) is 2.06. The van der Waals surface area contributed by atoms with Gasteiger partial charge >= 0.3 is 0 Å². The molecule has 1 aliphatic heterocycles. The zero-order chi connectivity index (χ0) is 15.9. The molecule has 1 saturated heterocycles. The van der Waals surface area contributed by atoms with Gasteiger partial charge in [-0.3, -0.25) is 9.69 Å². The summed E-state index contributed by atoms with van der Waals surface area (Å²) < 4.78 is 7.87. The minimum absolute atomic E-state index is 0.0559. The molecule has 4 nitrogen and oxygen atoms in total. The Morgan fingerprint density at radius 2 is 2.00 bits per heavy atom. The molecule has 122 valence electrons. The number of fused-ring (bicyclic) bond motifs is 1. The summed E-state index contributed by atoms with van der Waals surface area (Å²) in [5, 5.41) is 1.13. The molecule has 1 aromatic heterocycles. The Morgan fingerprint density at radius 1 is 1.22 bits per heavy atom. The number of hydrogen-bond acceptors (Lipinski definition) is 3. The van der Waals surface area contributed by atoms with E-state index < -0.39 is 0 Å². The van der Waals surface area contributed by atoms with Gasteiger partial charge in [0.1, 0.15) is 0 Å². The van der Waals surface area contributed by atoms with E-state index in [1.807, 2.05) is 25.2 Å². The van der Waals surface area contributed by atoms with Gasteiger partial charge in [-0.15, -0.1) is 0 Å². The lowest BCUT2D eigenvalue weighted by molar-refractivity contribution is -0.107. The summed E-state index contributed by atoms with van der Waals surface area (Å²) >= 11 is 0. The van der Waals surface area contributed by atoms with Crippen molar-refractivity contribution in [3.8, 4) is 0 Å². The molecule has 1 aliphatic carbocycles. The van der Waals surface area contributed by atoms with Crippen LogP contribution in [-0.2, 0) is 18.3 Å². The van der Waals surface area contributed by atoms with Crippen LogP contribution in [0.15, 0.2) is 35.1 Å². The Balaban J connectivity index is 1.62. The van der Waals surface area contributed by atoms with Crippen LogP contribution in [0, 0.1) is 0 Å². The third kappa shape index (κ3) is 2.70. The molecule has 0 radical (unpaired) electrons. The fraction of sp³-hybridized carbons (Fsp3) is 0.526. The highest BCUT2D eigenvalue weighted by molar-refractivity contribution is 5.79. The first kappa shape index (κ1) is 14.9. The van der Waals surface area contributed by atoms with E-state index in [2.05, 4.69) is 17.0 Å². The van der Waals surface area contributed by atoms with Crippen molar-refractivity contribution in [1.82, 2.24) is 9.47 Å². The van der Waals surface area contributed by atoms with Crippen molar-refractivity contribution >= 4 is 10.9 Å². The first-order valence-electron chi connectivity index (χ1n) is 8.61. The van der Waals surface area contributed by atoms with Crippen LogP contribution < -0.4 is 5.56 Å². The number of hydrogen-bond donors (Lipinski definition) is 0. The van der Waals surface area contributed by atoms with E-state index >= 15 is 0 Å². The van der Waals surface area contributed by atoms with Gasteiger partial charge in [0.15, 0.2) is 0 Å². The van der Waals surface area contributed by atoms with Crippen molar-refractivity contribution in [3.63, 3.8) is 0 Å². The SMILES string of the molecule is Cn1c(=O)c(CN2CCOC3(CCCC3)C2)cc2ccccc21. The zero-order valence-electron chi connectivity index (χ0n) is 13.8. The first-order valence-corrected chi connectivity index (χ1v) is 8.61. The second kappa shape index (κ2) is 5.77. The molecule has 0 atom stereocenters. The highest BCUT2D eigenvalue weighted by atomic mass is 16.5. The molecule has 2 aromatic rings. The van der Waals surface area contributed by atoms with Crippen LogP contribution in [0.1, 0.15) is 31.2 Å². The van der Waals surface area contributed by atoms with E-state index in [0.29, 0.717) is 0 Å². The lowest BCUT2D eigenvalue weighted by atomic mass is 9.99. The quantitative estimate of drug-likeness (QED) is 0.855. The molecule has 0 amide bonds. The number of rotatable bonds is 2. The van der Waals surface area contributed by atoms with Gasteiger partial charge in [0.25, 0.3) is 5.56 Å². The second-order valence-electron chi connectivity index (χ2n) is 7.04. The normalized spacial score (nSPS) is 21.3. The van der Waals surface area contributed by atoms with Gasteiger partial charge in [-0.25, -0.2) is 0 Å². The number of benzene rings is 1. The van der Waals surface area contributed by atoms with Gasteiger partial charge in [-0.1, -0.05) is 31.0 Å². The number of pyridine rings is 1. The number of para-hydroxylation sites is 1. The summed E-state index contributed by atoms with van der Waals surface area (Å²) in [7, 11) is 1.87. The number of ether oxygens (including phenoxy) is 1. The van der Waals surface area contributed by atoms with Crippen molar-refractivity contribution in [2.24, 2.45) is 7.05 Å². The maximum atomic E-state index is 12.7. The lowest BCUT2D eigenvalue weighted by Gasteiger charge is -2.40. The van der Waals surface area contributed by atoms with Gasteiger partial charge in [-0.2, -0.15) is 0 Å². The number of nitrogens with zero attached hydrogens (tertiary/aromatic N) is 2. The Hall–Kier alpha value is -1.65. The topological polar surface area (TPSA) is 34.5 Å². The predicted octanol–water partition coefficient (Wildman–Crippen LogP) is 2.68. The lowest BCUT2D eigenvalue weighted by Crippen LogP contribution is -2.50. The Morgan fingerprint density at radius 3 is 2.83 bits per heavy atom. The molecule has 4 heteroatoms. The molecule has 0 unspecified atom stereocenters. The third-order valence-electron chi connectivity index (χ3n) is 5.44. The Bertz CT molecular complexity index is 775. The van der Waals surface area contributed by atoms with Crippen LogP contribution in [0.5, 0.6) is 0 Å². The van der Waals surface area contributed by atoms with Crippen molar-refractivity contribution in [2.75, 3.05) is 19.7 Å². The molecule has 2 aliphatic rings. The summed E-state index contributed by atoms with van der Waals surface area (Å²) in [5.74, 6) is 0. The Kier molecular flexibility index (Phi) is 3.74. The molecule has 1 saturated carbocycles. The summed E-state index contributed by atoms with van der Waals surface area (Å²) in [4.78, 5) is 15.1.